The van der Waals surface area contributed by atoms with Crippen LogP contribution in [0.5, 0.6) is 11.5 Å². The number of hydrogen-bond acceptors (Lipinski definition) is 3. The van der Waals surface area contributed by atoms with E-state index in [2.05, 4.69) is 28.6 Å². The number of rotatable bonds is 8. The monoisotopic (exact) mass is 378 g/mol. The summed E-state index contributed by atoms with van der Waals surface area (Å²) < 4.78 is 18.5. The highest BCUT2D eigenvalue weighted by Gasteiger charge is 2.20. The summed E-state index contributed by atoms with van der Waals surface area (Å²) in [5.41, 5.74) is 1.96. The van der Waals surface area contributed by atoms with Crippen molar-refractivity contribution >= 4 is 26.7 Å². The fraction of sp³-hybridized carbons (Fsp3) is 0.368. The van der Waals surface area contributed by atoms with Crippen molar-refractivity contribution in [1.29, 1.82) is 0 Å². The first-order valence-electron chi connectivity index (χ1n) is 7.80. The second kappa shape index (κ2) is 8.37. The van der Waals surface area contributed by atoms with Gasteiger partial charge in [-0.1, -0.05) is 36.4 Å². The highest BCUT2D eigenvalue weighted by Crippen LogP contribution is 2.44. The maximum Gasteiger partial charge on any atom is 0.141 e. The van der Waals surface area contributed by atoms with E-state index in [-0.39, 0.29) is 0 Å². The van der Waals surface area contributed by atoms with E-state index < -0.39 is 0 Å². The van der Waals surface area contributed by atoms with Crippen LogP contribution in [0.3, 0.4) is 0 Å². The third kappa shape index (κ3) is 4.06. The molecule has 0 unspecified atom stereocenters. The summed E-state index contributed by atoms with van der Waals surface area (Å²) >= 11 is 3.68. The van der Waals surface area contributed by atoms with Crippen LogP contribution in [0.4, 0.5) is 0 Å². The van der Waals surface area contributed by atoms with Crippen LogP contribution < -0.4 is 9.47 Å². The maximum absolute atomic E-state index is 5.93. The first-order valence-corrected chi connectivity index (χ1v) is 8.60. The Balaban J connectivity index is 2.58. The average molecular weight is 379 g/mol. The van der Waals surface area contributed by atoms with Gasteiger partial charge in [0.25, 0.3) is 0 Å². The van der Waals surface area contributed by atoms with Crippen molar-refractivity contribution < 1.29 is 14.2 Å². The topological polar surface area (TPSA) is 27.7 Å². The fourth-order valence-corrected chi connectivity index (χ4v) is 3.07. The van der Waals surface area contributed by atoms with E-state index in [1.54, 1.807) is 0 Å². The SMILES string of the molecule is C=C(C)COCc1c(Br)c(OCC)c2ccccc2c1OCC. The molecule has 0 amide bonds. The Hall–Kier alpha value is -1.52. The highest BCUT2D eigenvalue weighted by atomic mass is 79.9. The average Bonchev–Trinajstić information content (AvgIpc) is 2.53. The van der Waals surface area contributed by atoms with E-state index in [0.29, 0.717) is 26.4 Å². The molecule has 0 saturated carbocycles. The minimum absolute atomic E-state index is 0.438. The molecule has 3 nitrogen and oxygen atoms in total. The van der Waals surface area contributed by atoms with Crippen molar-refractivity contribution in [2.24, 2.45) is 0 Å². The largest absolute Gasteiger partial charge is 0.493 e. The summed E-state index contributed by atoms with van der Waals surface area (Å²) in [5, 5.41) is 2.07. The molecule has 2 aromatic carbocycles. The number of halogens is 1. The van der Waals surface area contributed by atoms with Gasteiger partial charge in [0.05, 0.1) is 30.9 Å². The molecule has 0 saturated heterocycles. The molecule has 0 atom stereocenters. The minimum atomic E-state index is 0.438. The summed E-state index contributed by atoms with van der Waals surface area (Å²) in [5.74, 6) is 1.68. The van der Waals surface area contributed by atoms with Gasteiger partial charge in [0, 0.05) is 16.3 Å². The van der Waals surface area contributed by atoms with Crippen molar-refractivity contribution in [2.45, 2.75) is 27.4 Å². The van der Waals surface area contributed by atoms with Crippen LogP contribution in [0, 0.1) is 0 Å². The molecule has 4 heteroatoms. The molecule has 0 aliphatic rings. The van der Waals surface area contributed by atoms with Gasteiger partial charge in [-0.05, 0) is 36.7 Å². The van der Waals surface area contributed by atoms with E-state index in [1.165, 1.54) is 0 Å². The van der Waals surface area contributed by atoms with Crippen LogP contribution in [0.1, 0.15) is 26.3 Å². The molecule has 0 aliphatic carbocycles. The lowest BCUT2D eigenvalue weighted by Gasteiger charge is -2.19. The van der Waals surface area contributed by atoms with Gasteiger partial charge in [-0.3, -0.25) is 0 Å². The Morgan fingerprint density at radius 3 is 2.17 bits per heavy atom. The van der Waals surface area contributed by atoms with Crippen molar-refractivity contribution in [2.75, 3.05) is 19.8 Å². The highest BCUT2D eigenvalue weighted by molar-refractivity contribution is 9.10. The van der Waals surface area contributed by atoms with Crippen LogP contribution in [-0.4, -0.2) is 19.8 Å². The summed E-state index contributed by atoms with van der Waals surface area (Å²) in [6.45, 7) is 11.9. The predicted octanol–water partition coefficient (Wildman–Crippen LogP) is 5.49. The van der Waals surface area contributed by atoms with Crippen LogP contribution in [0.15, 0.2) is 40.9 Å². The number of fused-ring (bicyclic) bond motifs is 1. The van der Waals surface area contributed by atoms with Gasteiger partial charge >= 0.3 is 0 Å². The molecule has 124 valence electrons. The van der Waals surface area contributed by atoms with E-state index in [9.17, 15) is 0 Å². The molecule has 2 aromatic rings. The molecule has 0 radical (unpaired) electrons. The van der Waals surface area contributed by atoms with E-state index in [4.69, 9.17) is 14.2 Å². The number of benzene rings is 2. The Labute approximate surface area is 146 Å². The van der Waals surface area contributed by atoms with Crippen LogP contribution in [-0.2, 0) is 11.3 Å². The third-order valence-electron chi connectivity index (χ3n) is 3.33. The summed E-state index contributed by atoms with van der Waals surface area (Å²) in [6, 6.07) is 8.11. The zero-order valence-electron chi connectivity index (χ0n) is 13.9. The number of ether oxygens (including phenoxy) is 3. The van der Waals surface area contributed by atoms with Crippen LogP contribution >= 0.6 is 15.9 Å². The molecular weight excluding hydrogens is 356 g/mol. The van der Waals surface area contributed by atoms with Gasteiger partial charge in [0.1, 0.15) is 11.5 Å². The lowest BCUT2D eigenvalue weighted by Crippen LogP contribution is -2.05. The zero-order chi connectivity index (χ0) is 16.8. The quantitative estimate of drug-likeness (QED) is 0.568. The van der Waals surface area contributed by atoms with Gasteiger partial charge in [-0.2, -0.15) is 0 Å². The first-order chi connectivity index (χ1) is 11.1. The van der Waals surface area contributed by atoms with Crippen molar-refractivity contribution in [1.82, 2.24) is 0 Å². The second-order valence-corrected chi connectivity index (χ2v) is 6.11. The summed E-state index contributed by atoms with van der Waals surface area (Å²) in [6.07, 6.45) is 0. The Kier molecular flexibility index (Phi) is 6.48. The molecule has 0 bridgehead atoms. The molecular formula is C19H23BrO3. The lowest BCUT2D eigenvalue weighted by atomic mass is 10.0. The predicted molar refractivity (Wildman–Crippen MR) is 98.5 cm³/mol. The van der Waals surface area contributed by atoms with Crippen molar-refractivity contribution in [3.05, 3.63) is 46.5 Å². The smallest absolute Gasteiger partial charge is 0.141 e. The Morgan fingerprint density at radius 2 is 1.61 bits per heavy atom. The third-order valence-corrected chi connectivity index (χ3v) is 4.17. The van der Waals surface area contributed by atoms with Gasteiger partial charge in [0.15, 0.2) is 0 Å². The Morgan fingerprint density at radius 1 is 1.04 bits per heavy atom. The van der Waals surface area contributed by atoms with Gasteiger partial charge in [0.2, 0.25) is 0 Å². The molecule has 2 rings (SSSR count). The van der Waals surface area contributed by atoms with Gasteiger partial charge in [-0.25, -0.2) is 0 Å². The molecule has 0 N–H and O–H groups in total. The minimum Gasteiger partial charge on any atom is -0.493 e. The van der Waals surface area contributed by atoms with Crippen LogP contribution in [0.2, 0.25) is 0 Å². The zero-order valence-corrected chi connectivity index (χ0v) is 15.5. The van der Waals surface area contributed by atoms with Crippen LogP contribution in [0.25, 0.3) is 10.8 Å². The van der Waals surface area contributed by atoms with Crippen molar-refractivity contribution in [3.63, 3.8) is 0 Å². The standard InChI is InChI=1S/C19H23BrO3/c1-5-22-18-14-9-7-8-10-15(14)19(23-6-2)17(20)16(18)12-21-11-13(3)4/h7-10H,3,5-6,11-12H2,1-2,4H3. The number of hydrogen-bond donors (Lipinski definition) is 0. The van der Waals surface area contributed by atoms with Gasteiger partial charge < -0.3 is 14.2 Å². The normalized spacial score (nSPS) is 10.8. The Bertz CT molecular complexity index is 695. The molecule has 23 heavy (non-hydrogen) atoms. The molecule has 0 fully saturated rings. The lowest BCUT2D eigenvalue weighted by molar-refractivity contribution is 0.139. The summed E-state index contributed by atoms with van der Waals surface area (Å²) in [7, 11) is 0. The molecule has 0 spiro atoms. The maximum atomic E-state index is 5.93. The second-order valence-electron chi connectivity index (χ2n) is 5.31. The molecule has 0 heterocycles. The van der Waals surface area contributed by atoms with E-state index in [1.807, 2.05) is 39.0 Å². The van der Waals surface area contributed by atoms with E-state index in [0.717, 1.165) is 37.9 Å². The van der Waals surface area contributed by atoms with Gasteiger partial charge in [-0.15, -0.1) is 0 Å². The fourth-order valence-electron chi connectivity index (χ4n) is 2.45. The van der Waals surface area contributed by atoms with Crippen molar-refractivity contribution in [3.8, 4) is 11.5 Å². The summed E-state index contributed by atoms with van der Waals surface area (Å²) in [4.78, 5) is 0. The molecule has 0 aromatic heterocycles. The first kappa shape index (κ1) is 17.8. The molecule has 0 aliphatic heterocycles. The van der Waals surface area contributed by atoms with E-state index >= 15 is 0 Å².